The quantitative estimate of drug-likeness (QED) is 0.765. The van der Waals surface area contributed by atoms with Gasteiger partial charge < -0.3 is 15.8 Å². The number of halogens is 4. The minimum absolute atomic E-state index is 0.0277. The molecule has 0 radical (unpaired) electrons. The highest BCUT2D eigenvalue weighted by atomic mass is 19.3. The lowest BCUT2D eigenvalue weighted by molar-refractivity contribution is -0.117. The van der Waals surface area contributed by atoms with Crippen LogP contribution in [0.2, 0.25) is 0 Å². The average Bonchev–Trinajstić information content (AvgIpc) is 2.26. The van der Waals surface area contributed by atoms with Crippen molar-refractivity contribution in [2.24, 2.45) is 0 Å². The highest BCUT2D eigenvalue weighted by Crippen LogP contribution is 2.23. The van der Waals surface area contributed by atoms with Gasteiger partial charge in [-0.05, 0) is 0 Å². The van der Waals surface area contributed by atoms with Gasteiger partial charge >= 0.3 is 12.3 Å². The fraction of sp³-hybridized carbons (Fsp3) is 0.556. The van der Waals surface area contributed by atoms with Crippen molar-refractivity contribution in [3.05, 3.63) is 11.9 Å². The molecule has 0 aliphatic carbocycles. The maximum atomic E-state index is 12.7. The topological polar surface area (TPSA) is 73.1 Å². The molecule has 1 aromatic heterocycles. The first-order chi connectivity index (χ1) is 8.35. The van der Waals surface area contributed by atoms with Crippen LogP contribution >= 0.6 is 0 Å². The Morgan fingerprint density at radius 1 is 1.44 bits per heavy atom. The van der Waals surface area contributed by atoms with Crippen LogP contribution in [0.5, 0.6) is 0 Å². The molecule has 5 nitrogen and oxygen atoms in total. The van der Waals surface area contributed by atoms with Gasteiger partial charge in [0.05, 0.1) is 6.54 Å². The molecule has 3 N–H and O–H groups in total. The summed E-state index contributed by atoms with van der Waals surface area (Å²) in [7, 11) is 1.39. The zero-order chi connectivity index (χ0) is 13.8. The second kappa shape index (κ2) is 5.80. The molecule has 0 aliphatic rings. The minimum Gasteiger partial charge on any atom is -0.384 e. The van der Waals surface area contributed by atoms with Gasteiger partial charge in [-0.25, -0.2) is 18.7 Å². The van der Waals surface area contributed by atoms with Crippen molar-refractivity contribution in [2.75, 3.05) is 24.7 Å². The lowest BCUT2D eigenvalue weighted by Crippen LogP contribution is -2.35. The monoisotopic (exact) mass is 268 g/mol. The zero-order valence-electron chi connectivity index (χ0n) is 9.46. The number of nitrogens with two attached hydrogens (primary N) is 1. The normalized spacial score (nSPS) is 11.9. The Bertz CT molecular complexity index is 402. The number of ether oxygens (including phenoxy) is 1. The summed E-state index contributed by atoms with van der Waals surface area (Å²) in [4.78, 5) is 7.55. The molecule has 0 aliphatic heterocycles. The molecule has 0 saturated carbocycles. The Hall–Kier alpha value is -1.64. The van der Waals surface area contributed by atoms with Gasteiger partial charge in [-0.3, -0.25) is 0 Å². The SMILES string of the molecule is COCc1nc(N)cc(NCC(F)(F)C(F)F)n1. The first-order valence-corrected chi connectivity index (χ1v) is 4.87. The fourth-order valence-corrected chi connectivity index (χ4v) is 1.09. The summed E-state index contributed by atoms with van der Waals surface area (Å²) in [5.41, 5.74) is 5.41. The number of alkyl halides is 4. The molecule has 1 aromatic rings. The maximum absolute atomic E-state index is 12.7. The number of nitrogens with one attached hydrogen (secondary N) is 1. The summed E-state index contributed by atoms with van der Waals surface area (Å²) < 4.78 is 53.9. The van der Waals surface area contributed by atoms with E-state index in [1.54, 1.807) is 0 Å². The van der Waals surface area contributed by atoms with Crippen LogP contribution in [-0.4, -0.2) is 36.0 Å². The summed E-state index contributed by atoms with van der Waals surface area (Å²) in [5.74, 6) is -4.00. The number of nitrogen functional groups attached to an aromatic ring is 1. The lowest BCUT2D eigenvalue weighted by Gasteiger charge is -2.16. The highest BCUT2D eigenvalue weighted by Gasteiger charge is 2.40. The van der Waals surface area contributed by atoms with E-state index in [-0.39, 0.29) is 24.1 Å². The third-order valence-electron chi connectivity index (χ3n) is 1.89. The van der Waals surface area contributed by atoms with Crippen LogP contribution in [0.4, 0.5) is 29.2 Å². The van der Waals surface area contributed by atoms with E-state index in [0.29, 0.717) is 0 Å². The lowest BCUT2D eigenvalue weighted by atomic mass is 10.3. The van der Waals surface area contributed by atoms with E-state index in [0.717, 1.165) is 0 Å². The number of hydrogen-bond donors (Lipinski definition) is 2. The third kappa shape index (κ3) is 3.99. The Morgan fingerprint density at radius 3 is 2.67 bits per heavy atom. The van der Waals surface area contributed by atoms with Crippen LogP contribution in [0, 0.1) is 0 Å². The van der Waals surface area contributed by atoms with E-state index in [2.05, 4.69) is 15.3 Å². The van der Waals surface area contributed by atoms with Crippen LogP contribution in [0.15, 0.2) is 6.07 Å². The number of aromatic nitrogens is 2. The van der Waals surface area contributed by atoms with Crippen molar-refractivity contribution in [2.45, 2.75) is 19.0 Å². The van der Waals surface area contributed by atoms with Gasteiger partial charge in [0.2, 0.25) is 0 Å². The van der Waals surface area contributed by atoms with E-state index in [1.807, 2.05) is 0 Å². The van der Waals surface area contributed by atoms with Crippen molar-refractivity contribution >= 4 is 11.6 Å². The molecule has 9 heteroatoms. The number of rotatable bonds is 6. The molecule has 1 rings (SSSR count). The second-order valence-electron chi connectivity index (χ2n) is 3.44. The highest BCUT2D eigenvalue weighted by molar-refractivity contribution is 5.44. The molecule has 0 unspecified atom stereocenters. The molecule has 0 amide bonds. The van der Waals surface area contributed by atoms with Crippen molar-refractivity contribution in [3.63, 3.8) is 0 Å². The van der Waals surface area contributed by atoms with Gasteiger partial charge in [-0.15, -0.1) is 0 Å². The molecule has 102 valence electrons. The maximum Gasteiger partial charge on any atom is 0.324 e. The van der Waals surface area contributed by atoms with Gasteiger partial charge in [0.1, 0.15) is 18.2 Å². The number of anilines is 2. The van der Waals surface area contributed by atoms with Gasteiger partial charge in [0.15, 0.2) is 5.82 Å². The number of hydrogen-bond acceptors (Lipinski definition) is 5. The first-order valence-electron chi connectivity index (χ1n) is 4.87. The van der Waals surface area contributed by atoms with Crippen LogP contribution in [0.1, 0.15) is 5.82 Å². The Balaban J connectivity index is 2.73. The third-order valence-corrected chi connectivity index (χ3v) is 1.89. The summed E-state index contributed by atoms with van der Waals surface area (Å²) >= 11 is 0. The molecule has 0 atom stereocenters. The molecule has 18 heavy (non-hydrogen) atoms. The average molecular weight is 268 g/mol. The van der Waals surface area contributed by atoms with E-state index in [1.165, 1.54) is 13.2 Å². The standard InChI is InChI=1S/C9H12F4N4O/c1-18-3-7-16-5(14)2-6(17-7)15-4-9(12,13)8(10)11/h2,8H,3-4H2,1H3,(H3,14,15,16,17). The molecule has 0 bridgehead atoms. The summed E-state index contributed by atoms with van der Waals surface area (Å²) in [6, 6.07) is 1.17. The first kappa shape index (κ1) is 14.4. The molecule has 0 spiro atoms. The summed E-state index contributed by atoms with van der Waals surface area (Å²) in [6.07, 6.45) is -3.75. The van der Waals surface area contributed by atoms with Crippen LogP contribution in [-0.2, 0) is 11.3 Å². The van der Waals surface area contributed by atoms with Gasteiger partial charge in [0.25, 0.3) is 0 Å². The number of nitrogens with zero attached hydrogens (tertiary/aromatic N) is 2. The van der Waals surface area contributed by atoms with Gasteiger partial charge in [0, 0.05) is 13.2 Å². The molecule has 0 aromatic carbocycles. The van der Waals surface area contributed by atoms with Crippen LogP contribution in [0.25, 0.3) is 0 Å². The van der Waals surface area contributed by atoms with Crippen LogP contribution < -0.4 is 11.1 Å². The fourth-order valence-electron chi connectivity index (χ4n) is 1.09. The van der Waals surface area contributed by atoms with Gasteiger partial charge in [-0.2, -0.15) is 8.78 Å². The largest absolute Gasteiger partial charge is 0.384 e. The van der Waals surface area contributed by atoms with E-state index in [9.17, 15) is 17.6 Å². The molecule has 0 saturated heterocycles. The summed E-state index contributed by atoms with van der Waals surface area (Å²) in [6.45, 7) is -1.21. The van der Waals surface area contributed by atoms with Crippen molar-refractivity contribution in [3.8, 4) is 0 Å². The molecular weight excluding hydrogens is 256 g/mol. The predicted octanol–water partition coefficient (Wildman–Crippen LogP) is 1.52. The smallest absolute Gasteiger partial charge is 0.324 e. The minimum atomic E-state index is -4.14. The second-order valence-corrected chi connectivity index (χ2v) is 3.44. The molecule has 1 heterocycles. The Kier molecular flexibility index (Phi) is 4.65. The van der Waals surface area contributed by atoms with E-state index in [4.69, 9.17) is 10.5 Å². The zero-order valence-corrected chi connectivity index (χ0v) is 9.46. The Morgan fingerprint density at radius 2 is 2.11 bits per heavy atom. The van der Waals surface area contributed by atoms with E-state index >= 15 is 0 Å². The Labute approximate surface area is 100 Å². The van der Waals surface area contributed by atoms with Crippen molar-refractivity contribution in [1.29, 1.82) is 0 Å². The molecule has 0 fully saturated rings. The summed E-state index contributed by atoms with van der Waals surface area (Å²) in [5, 5.41) is 2.09. The van der Waals surface area contributed by atoms with Crippen molar-refractivity contribution in [1.82, 2.24) is 9.97 Å². The van der Waals surface area contributed by atoms with Crippen LogP contribution in [0.3, 0.4) is 0 Å². The molecular formula is C9H12F4N4O. The van der Waals surface area contributed by atoms with Crippen molar-refractivity contribution < 1.29 is 22.3 Å². The number of methoxy groups -OCH3 is 1. The van der Waals surface area contributed by atoms with E-state index < -0.39 is 18.9 Å². The van der Waals surface area contributed by atoms with Gasteiger partial charge in [-0.1, -0.05) is 0 Å². The predicted molar refractivity (Wildman–Crippen MR) is 56.6 cm³/mol.